The summed E-state index contributed by atoms with van der Waals surface area (Å²) in [6.45, 7) is 1.74. The third kappa shape index (κ3) is 4.25. The standard InChI is InChI=1S/C29H31ClN4O4/c1-32(2)15-26(35)33-13-20-11-19(33)14-34(20)27-21-8-17(18-9-23(30)29(37)25(10-18)38-3)6-7-24(21)31-12-22(27)28(36)16-4-5-16/h6-10,12,16,19-20,37H,4-5,11,13-15H2,1-3H3/t19-,20-/m0/s1. The number of rotatable bonds is 7. The number of ether oxygens (including phenoxy) is 1. The fourth-order valence-corrected chi connectivity index (χ4v) is 6.13. The zero-order valence-corrected chi connectivity index (χ0v) is 22.5. The summed E-state index contributed by atoms with van der Waals surface area (Å²) in [6, 6.07) is 9.69. The summed E-state index contributed by atoms with van der Waals surface area (Å²) in [5.74, 6) is 0.561. The van der Waals surface area contributed by atoms with Crippen molar-refractivity contribution in [1.29, 1.82) is 0 Å². The highest BCUT2D eigenvalue weighted by atomic mass is 35.5. The molecule has 2 saturated heterocycles. The molecule has 9 heteroatoms. The number of phenolic OH excluding ortho intramolecular Hbond substituents is 1. The van der Waals surface area contributed by atoms with Crippen molar-refractivity contribution in [3.05, 3.63) is 47.1 Å². The molecule has 6 rings (SSSR count). The number of anilines is 1. The van der Waals surface area contributed by atoms with Gasteiger partial charge >= 0.3 is 0 Å². The monoisotopic (exact) mass is 534 g/mol. The van der Waals surface area contributed by atoms with Crippen molar-refractivity contribution >= 4 is 39.9 Å². The number of ketones is 1. The highest BCUT2D eigenvalue weighted by molar-refractivity contribution is 6.32. The molecule has 3 aromatic rings. The summed E-state index contributed by atoms with van der Waals surface area (Å²) in [7, 11) is 5.31. The Bertz CT molecular complexity index is 1450. The lowest BCUT2D eigenvalue weighted by atomic mass is 9.97. The first-order valence-electron chi connectivity index (χ1n) is 13.0. The van der Waals surface area contributed by atoms with Crippen LogP contribution in [0.4, 0.5) is 5.69 Å². The first kappa shape index (κ1) is 24.9. The maximum Gasteiger partial charge on any atom is 0.237 e. The molecule has 1 aliphatic carbocycles. The summed E-state index contributed by atoms with van der Waals surface area (Å²) in [5.41, 5.74) is 4.05. The summed E-state index contributed by atoms with van der Waals surface area (Å²) in [6.07, 6.45) is 4.46. The predicted octanol–water partition coefficient (Wildman–Crippen LogP) is 4.21. The number of piperazine rings is 1. The molecule has 2 aromatic carbocycles. The number of pyridine rings is 1. The Labute approximate surface area is 226 Å². The van der Waals surface area contributed by atoms with E-state index in [2.05, 4.69) is 9.88 Å². The van der Waals surface area contributed by atoms with Gasteiger partial charge in [0, 0.05) is 36.6 Å². The summed E-state index contributed by atoms with van der Waals surface area (Å²) >= 11 is 6.29. The van der Waals surface area contributed by atoms with Crippen LogP contribution in [0.1, 0.15) is 29.6 Å². The van der Waals surface area contributed by atoms with E-state index >= 15 is 0 Å². The third-order valence-corrected chi connectivity index (χ3v) is 8.22. The Morgan fingerprint density at radius 1 is 1.13 bits per heavy atom. The number of Topliss-reactive ketones (excluding diaryl/α,β-unsaturated/α-hetero) is 1. The van der Waals surface area contributed by atoms with Gasteiger partial charge in [0.25, 0.3) is 0 Å². The summed E-state index contributed by atoms with van der Waals surface area (Å²) in [4.78, 5) is 37.2. The largest absolute Gasteiger partial charge is 0.503 e. The lowest BCUT2D eigenvalue weighted by molar-refractivity contribution is -0.132. The molecule has 2 atom stereocenters. The highest BCUT2D eigenvalue weighted by Gasteiger charge is 2.47. The lowest BCUT2D eigenvalue weighted by Gasteiger charge is -2.37. The number of aromatic nitrogens is 1. The van der Waals surface area contributed by atoms with Gasteiger partial charge in [0.15, 0.2) is 17.3 Å². The van der Waals surface area contributed by atoms with E-state index in [1.807, 2.05) is 42.1 Å². The molecule has 38 heavy (non-hydrogen) atoms. The number of amides is 1. The molecule has 2 bridgehead atoms. The van der Waals surface area contributed by atoms with Gasteiger partial charge in [0.05, 0.1) is 41.5 Å². The maximum absolute atomic E-state index is 13.5. The second-order valence-corrected chi connectivity index (χ2v) is 11.3. The van der Waals surface area contributed by atoms with Crippen molar-refractivity contribution in [3.63, 3.8) is 0 Å². The number of phenols is 1. The third-order valence-electron chi connectivity index (χ3n) is 7.93. The van der Waals surface area contributed by atoms with E-state index in [1.54, 1.807) is 18.3 Å². The molecule has 0 spiro atoms. The molecular weight excluding hydrogens is 504 g/mol. The number of hydrogen-bond donors (Lipinski definition) is 1. The molecule has 1 amide bonds. The number of likely N-dealkylation sites (tertiary alicyclic amines) is 1. The smallest absolute Gasteiger partial charge is 0.237 e. The number of carbonyl (C=O) groups is 2. The van der Waals surface area contributed by atoms with E-state index in [0.29, 0.717) is 30.9 Å². The average molecular weight is 535 g/mol. The van der Waals surface area contributed by atoms with E-state index in [-0.39, 0.29) is 40.5 Å². The zero-order chi connectivity index (χ0) is 26.7. The van der Waals surface area contributed by atoms with Crippen LogP contribution < -0.4 is 9.64 Å². The molecule has 3 aliphatic rings. The number of hydrogen-bond acceptors (Lipinski definition) is 7. The van der Waals surface area contributed by atoms with Gasteiger partial charge < -0.3 is 24.5 Å². The van der Waals surface area contributed by atoms with Crippen molar-refractivity contribution in [3.8, 4) is 22.6 Å². The number of benzene rings is 2. The van der Waals surface area contributed by atoms with Crippen LogP contribution in [-0.4, -0.2) is 84.5 Å². The molecule has 3 heterocycles. The quantitative estimate of drug-likeness (QED) is 0.454. The van der Waals surface area contributed by atoms with Crippen molar-refractivity contribution < 1.29 is 19.4 Å². The van der Waals surface area contributed by atoms with Crippen LogP contribution in [0.15, 0.2) is 36.5 Å². The number of carbonyl (C=O) groups excluding carboxylic acids is 2. The number of nitrogens with zero attached hydrogens (tertiary/aromatic N) is 4. The van der Waals surface area contributed by atoms with Gasteiger partial charge in [0.1, 0.15) is 0 Å². The Morgan fingerprint density at radius 2 is 1.92 bits per heavy atom. The number of likely N-dealkylation sites (N-methyl/N-ethyl adjacent to an activating group) is 1. The second-order valence-electron chi connectivity index (χ2n) is 10.9. The van der Waals surface area contributed by atoms with Crippen LogP contribution in [0.5, 0.6) is 11.5 Å². The normalized spacial score (nSPS) is 20.6. The van der Waals surface area contributed by atoms with Crippen LogP contribution in [0, 0.1) is 5.92 Å². The lowest BCUT2D eigenvalue weighted by Crippen LogP contribution is -2.51. The summed E-state index contributed by atoms with van der Waals surface area (Å²) < 4.78 is 5.32. The van der Waals surface area contributed by atoms with E-state index in [1.165, 1.54) is 7.11 Å². The van der Waals surface area contributed by atoms with Crippen LogP contribution in [-0.2, 0) is 4.79 Å². The number of aromatic hydroxyl groups is 1. The van der Waals surface area contributed by atoms with Gasteiger partial charge in [-0.15, -0.1) is 0 Å². The predicted molar refractivity (Wildman–Crippen MR) is 147 cm³/mol. The molecule has 198 valence electrons. The molecule has 0 radical (unpaired) electrons. The van der Waals surface area contributed by atoms with Crippen LogP contribution >= 0.6 is 11.6 Å². The molecule has 2 aliphatic heterocycles. The minimum absolute atomic E-state index is 0.0642. The first-order valence-corrected chi connectivity index (χ1v) is 13.4. The number of fused-ring (bicyclic) bond motifs is 3. The van der Waals surface area contributed by atoms with E-state index in [0.717, 1.165) is 47.0 Å². The van der Waals surface area contributed by atoms with Gasteiger partial charge in [-0.3, -0.25) is 14.6 Å². The molecular formula is C29H31ClN4O4. The maximum atomic E-state index is 13.5. The molecule has 0 unspecified atom stereocenters. The van der Waals surface area contributed by atoms with Crippen molar-refractivity contribution in [2.75, 3.05) is 45.7 Å². The fraction of sp³-hybridized carbons (Fsp3) is 0.414. The Kier molecular flexibility index (Phi) is 6.19. The number of halogens is 1. The molecule has 1 N–H and O–H groups in total. The van der Waals surface area contributed by atoms with Crippen LogP contribution in [0.3, 0.4) is 0 Å². The fourth-order valence-electron chi connectivity index (χ4n) is 5.92. The molecule has 1 aromatic heterocycles. The summed E-state index contributed by atoms with van der Waals surface area (Å²) in [5, 5.41) is 11.3. The van der Waals surface area contributed by atoms with Crippen LogP contribution in [0.2, 0.25) is 5.02 Å². The second kappa shape index (κ2) is 9.43. The topological polar surface area (TPSA) is 86.2 Å². The van der Waals surface area contributed by atoms with Crippen molar-refractivity contribution in [2.24, 2.45) is 5.92 Å². The molecule has 3 fully saturated rings. The highest BCUT2D eigenvalue weighted by Crippen LogP contribution is 2.44. The molecule has 1 saturated carbocycles. The first-order chi connectivity index (χ1) is 18.2. The number of methoxy groups -OCH3 is 1. The van der Waals surface area contributed by atoms with Gasteiger partial charge in [0.2, 0.25) is 5.91 Å². The SMILES string of the molecule is COc1cc(-c2ccc3ncc(C(=O)C4CC4)c(N4C[C@@H]5C[C@H]4CN5C(=O)CN(C)C)c3c2)cc(Cl)c1O. The van der Waals surface area contributed by atoms with Gasteiger partial charge in [-0.05, 0) is 68.8 Å². The van der Waals surface area contributed by atoms with Gasteiger partial charge in [-0.25, -0.2) is 0 Å². The van der Waals surface area contributed by atoms with Gasteiger partial charge in [-0.2, -0.15) is 0 Å². The minimum Gasteiger partial charge on any atom is -0.503 e. The Balaban J connectivity index is 1.44. The Hall–Kier alpha value is -3.36. The van der Waals surface area contributed by atoms with E-state index in [9.17, 15) is 14.7 Å². The zero-order valence-electron chi connectivity index (χ0n) is 21.8. The van der Waals surface area contributed by atoms with Crippen LogP contribution in [0.25, 0.3) is 22.0 Å². The van der Waals surface area contributed by atoms with Crippen molar-refractivity contribution in [2.45, 2.75) is 31.3 Å². The van der Waals surface area contributed by atoms with E-state index < -0.39 is 0 Å². The Morgan fingerprint density at radius 3 is 2.58 bits per heavy atom. The van der Waals surface area contributed by atoms with E-state index in [4.69, 9.17) is 16.3 Å². The van der Waals surface area contributed by atoms with Gasteiger partial charge in [-0.1, -0.05) is 17.7 Å². The van der Waals surface area contributed by atoms with Crippen molar-refractivity contribution in [1.82, 2.24) is 14.8 Å². The average Bonchev–Trinajstić information content (AvgIpc) is 3.56. The molecule has 8 nitrogen and oxygen atoms in total. The minimum atomic E-state index is -0.0974.